The van der Waals surface area contributed by atoms with E-state index in [1.54, 1.807) is 11.1 Å². The van der Waals surface area contributed by atoms with Gasteiger partial charge in [0.2, 0.25) is 0 Å². The van der Waals surface area contributed by atoms with E-state index in [2.05, 4.69) is 90.1 Å². The molecule has 0 fully saturated rings. The van der Waals surface area contributed by atoms with E-state index in [4.69, 9.17) is 0 Å². The van der Waals surface area contributed by atoms with E-state index in [-0.39, 0.29) is 5.41 Å². The quantitative estimate of drug-likeness (QED) is 0.550. The van der Waals surface area contributed by atoms with E-state index in [0.29, 0.717) is 11.8 Å². The molecule has 2 aromatic rings. The van der Waals surface area contributed by atoms with Crippen molar-refractivity contribution in [1.82, 2.24) is 0 Å². The number of hydrogen-bond donors (Lipinski definition) is 0. The van der Waals surface area contributed by atoms with Gasteiger partial charge in [-0.05, 0) is 65.5 Å². The van der Waals surface area contributed by atoms with Crippen LogP contribution in [0.4, 0.5) is 0 Å². The first-order chi connectivity index (χ1) is 11.9. The lowest BCUT2D eigenvalue weighted by atomic mass is 9.65. The molecule has 0 amide bonds. The Bertz CT molecular complexity index is 875. The average molecular weight is 328 g/mol. The van der Waals surface area contributed by atoms with Gasteiger partial charge in [0.25, 0.3) is 0 Å². The second-order valence-corrected chi connectivity index (χ2v) is 8.40. The van der Waals surface area contributed by atoms with Crippen molar-refractivity contribution in [3.8, 4) is 11.1 Å². The summed E-state index contributed by atoms with van der Waals surface area (Å²) in [6.45, 7) is 14.2. The molecule has 0 radical (unpaired) electrons. The van der Waals surface area contributed by atoms with Gasteiger partial charge in [-0.2, -0.15) is 0 Å². The molecule has 0 aliphatic heterocycles. The first-order valence-corrected chi connectivity index (χ1v) is 9.43. The summed E-state index contributed by atoms with van der Waals surface area (Å²) in [5.74, 6) is 0.959. The van der Waals surface area contributed by atoms with Crippen LogP contribution in [0, 0.1) is 11.3 Å². The second-order valence-electron chi connectivity index (χ2n) is 8.40. The molecule has 0 nitrogen and oxygen atoms in total. The minimum absolute atomic E-state index is 0.0885. The molecule has 0 N–H and O–H groups in total. The predicted octanol–water partition coefficient (Wildman–Crippen LogP) is 7.13. The van der Waals surface area contributed by atoms with Crippen LogP contribution in [0.2, 0.25) is 0 Å². The van der Waals surface area contributed by atoms with Crippen LogP contribution in [0.3, 0.4) is 0 Å². The van der Waals surface area contributed by atoms with Gasteiger partial charge in [-0.1, -0.05) is 80.4 Å². The van der Waals surface area contributed by atoms with Crippen LogP contribution in [0.25, 0.3) is 11.1 Å². The van der Waals surface area contributed by atoms with Crippen molar-refractivity contribution in [3.05, 3.63) is 82.0 Å². The van der Waals surface area contributed by atoms with Crippen LogP contribution in [0.15, 0.2) is 70.8 Å². The van der Waals surface area contributed by atoms with Crippen molar-refractivity contribution in [2.75, 3.05) is 0 Å². The first-order valence-electron chi connectivity index (χ1n) is 9.43. The fraction of sp³-hybridized carbons (Fsp3) is 0.360. The van der Waals surface area contributed by atoms with E-state index in [1.165, 1.54) is 33.4 Å². The van der Waals surface area contributed by atoms with E-state index in [1.807, 2.05) is 0 Å². The van der Waals surface area contributed by atoms with Gasteiger partial charge in [0, 0.05) is 5.92 Å². The van der Waals surface area contributed by atoms with Crippen molar-refractivity contribution < 1.29 is 0 Å². The molecule has 2 aliphatic rings. The standard InChI is InChI=1S/C25H28/c1-15-16(2)18(4)23(17(15)3)25(5,6)24-21-13-9-7-11-19(21)20-12-8-10-14-22(20)24/h7-14,17,24H,1-6H3. The van der Waals surface area contributed by atoms with Gasteiger partial charge in [-0.25, -0.2) is 0 Å². The summed E-state index contributed by atoms with van der Waals surface area (Å²) in [4.78, 5) is 0. The topological polar surface area (TPSA) is 0 Å². The number of hydrogen-bond acceptors (Lipinski definition) is 0. The van der Waals surface area contributed by atoms with Crippen LogP contribution in [0.1, 0.15) is 58.6 Å². The minimum Gasteiger partial charge on any atom is -0.0632 e. The zero-order valence-corrected chi connectivity index (χ0v) is 16.3. The molecule has 0 spiro atoms. The van der Waals surface area contributed by atoms with E-state index in [0.717, 1.165) is 0 Å². The molecular weight excluding hydrogens is 300 g/mol. The normalized spacial score (nSPS) is 20.3. The van der Waals surface area contributed by atoms with Crippen molar-refractivity contribution in [1.29, 1.82) is 0 Å². The molecule has 0 heterocycles. The highest BCUT2D eigenvalue weighted by molar-refractivity contribution is 5.79. The van der Waals surface area contributed by atoms with Gasteiger partial charge >= 0.3 is 0 Å². The summed E-state index contributed by atoms with van der Waals surface area (Å²) in [5, 5.41) is 0. The van der Waals surface area contributed by atoms with Crippen LogP contribution in [-0.2, 0) is 0 Å². The molecular formula is C25H28. The van der Waals surface area contributed by atoms with Gasteiger partial charge in [0.1, 0.15) is 0 Å². The Balaban J connectivity index is 1.93. The molecule has 25 heavy (non-hydrogen) atoms. The van der Waals surface area contributed by atoms with Crippen LogP contribution < -0.4 is 0 Å². The van der Waals surface area contributed by atoms with E-state index in [9.17, 15) is 0 Å². The number of benzene rings is 2. The summed E-state index contributed by atoms with van der Waals surface area (Å²) >= 11 is 0. The van der Waals surface area contributed by atoms with Gasteiger partial charge in [0.05, 0.1) is 0 Å². The molecule has 1 atom stereocenters. The SMILES string of the molecule is CC1=C(C)C(C)C(C(C)(C)C2c3ccccc3-c3ccccc32)=C1C. The third-order valence-electron chi connectivity index (χ3n) is 6.89. The molecule has 1 unspecified atom stereocenters. The van der Waals surface area contributed by atoms with Crippen LogP contribution in [0.5, 0.6) is 0 Å². The molecule has 0 bridgehead atoms. The number of rotatable bonds is 2. The Morgan fingerprint density at radius 2 is 1.20 bits per heavy atom. The van der Waals surface area contributed by atoms with Crippen molar-refractivity contribution >= 4 is 0 Å². The third-order valence-corrected chi connectivity index (χ3v) is 6.89. The molecule has 4 rings (SSSR count). The van der Waals surface area contributed by atoms with E-state index < -0.39 is 0 Å². The highest BCUT2D eigenvalue weighted by Crippen LogP contribution is 2.58. The Morgan fingerprint density at radius 3 is 1.64 bits per heavy atom. The molecule has 2 aromatic carbocycles. The second kappa shape index (κ2) is 5.46. The largest absolute Gasteiger partial charge is 0.0632 e. The molecule has 128 valence electrons. The summed E-state index contributed by atoms with van der Waals surface area (Å²) < 4.78 is 0. The lowest BCUT2D eigenvalue weighted by Crippen LogP contribution is -2.27. The molecule has 0 heteroatoms. The van der Waals surface area contributed by atoms with Gasteiger partial charge in [-0.15, -0.1) is 0 Å². The smallest absolute Gasteiger partial charge is 0.0190 e. The molecule has 0 saturated heterocycles. The lowest BCUT2D eigenvalue weighted by molar-refractivity contribution is 0.364. The number of fused-ring (bicyclic) bond motifs is 3. The maximum absolute atomic E-state index is 2.46. The minimum atomic E-state index is 0.0885. The zero-order chi connectivity index (χ0) is 17.9. The van der Waals surface area contributed by atoms with Crippen molar-refractivity contribution in [2.24, 2.45) is 11.3 Å². The van der Waals surface area contributed by atoms with Gasteiger partial charge < -0.3 is 0 Å². The average Bonchev–Trinajstić information content (AvgIpc) is 3.04. The maximum Gasteiger partial charge on any atom is 0.0190 e. The summed E-state index contributed by atoms with van der Waals surface area (Å²) in [5.41, 5.74) is 12.1. The lowest BCUT2D eigenvalue weighted by Gasteiger charge is -2.38. The van der Waals surface area contributed by atoms with E-state index >= 15 is 0 Å². The van der Waals surface area contributed by atoms with Crippen molar-refractivity contribution in [2.45, 2.75) is 47.5 Å². The monoisotopic (exact) mass is 328 g/mol. The van der Waals surface area contributed by atoms with Crippen LogP contribution in [-0.4, -0.2) is 0 Å². The predicted molar refractivity (Wildman–Crippen MR) is 108 cm³/mol. The Morgan fingerprint density at radius 1 is 0.720 bits per heavy atom. The molecule has 0 saturated carbocycles. The highest BCUT2D eigenvalue weighted by atomic mass is 14.5. The fourth-order valence-corrected chi connectivity index (χ4v) is 5.49. The Kier molecular flexibility index (Phi) is 3.58. The van der Waals surface area contributed by atoms with Crippen molar-refractivity contribution in [3.63, 3.8) is 0 Å². The van der Waals surface area contributed by atoms with Gasteiger partial charge in [0.15, 0.2) is 0 Å². The van der Waals surface area contributed by atoms with Crippen LogP contribution >= 0.6 is 0 Å². The fourth-order valence-electron chi connectivity index (χ4n) is 5.49. The third kappa shape index (κ3) is 2.13. The first kappa shape index (κ1) is 16.4. The Hall–Kier alpha value is -2.08. The zero-order valence-electron chi connectivity index (χ0n) is 16.3. The molecule has 0 aromatic heterocycles. The number of allylic oxidation sites excluding steroid dienone is 4. The maximum atomic E-state index is 2.46. The molecule has 2 aliphatic carbocycles. The Labute approximate surface area is 152 Å². The summed E-state index contributed by atoms with van der Waals surface area (Å²) in [6, 6.07) is 18.0. The summed E-state index contributed by atoms with van der Waals surface area (Å²) in [7, 11) is 0. The van der Waals surface area contributed by atoms with Gasteiger partial charge in [-0.3, -0.25) is 0 Å². The summed E-state index contributed by atoms with van der Waals surface area (Å²) in [6.07, 6.45) is 0. The highest BCUT2D eigenvalue weighted by Gasteiger charge is 2.44.